The number of halogens is 1. The molecule has 1 aromatic heterocycles. The van der Waals surface area contributed by atoms with Gasteiger partial charge in [-0.25, -0.2) is 0 Å². The van der Waals surface area contributed by atoms with Crippen molar-refractivity contribution >= 4 is 50.6 Å². The van der Waals surface area contributed by atoms with E-state index in [4.69, 9.17) is 16.0 Å². The Balaban J connectivity index is 1.30. The first-order valence-electron chi connectivity index (χ1n) is 15.6. The molecule has 0 saturated carbocycles. The van der Waals surface area contributed by atoms with Crippen molar-refractivity contribution in [3.8, 4) is 22.3 Å². The van der Waals surface area contributed by atoms with Crippen LogP contribution in [0.4, 0.5) is 17.1 Å². The molecule has 0 atom stereocenters. The van der Waals surface area contributed by atoms with Crippen molar-refractivity contribution in [2.45, 2.75) is 5.41 Å². The molecule has 3 heteroatoms. The van der Waals surface area contributed by atoms with Crippen LogP contribution in [0, 0.1) is 0 Å². The van der Waals surface area contributed by atoms with Crippen LogP contribution >= 0.6 is 11.6 Å². The van der Waals surface area contributed by atoms with Gasteiger partial charge < -0.3 is 9.32 Å². The molecule has 10 rings (SSSR count). The molecule has 0 amide bonds. The molecule has 0 unspecified atom stereocenters. The van der Waals surface area contributed by atoms with Gasteiger partial charge in [0, 0.05) is 38.8 Å². The van der Waals surface area contributed by atoms with Crippen molar-refractivity contribution in [1.29, 1.82) is 0 Å². The van der Waals surface area contributed by atoms with Crippen LogP contribution in [0.5, 0.6) is 0 Å². The Morgan fingerprint density at radius 2 is 1.04 bits per heavy atom. The Hall–Kier alpha value is -5.57. The third-order valence-corrected chi connectivity index (χ3v) is 10.2. The Morgan fingerprint density at radius 3 is 1.80 bits per heavy atom. The second-order valence-electron chi connectivity index (χ2n) is 12.2. The fourth-order valence-electron chi connectivity index (χ4n) is 8.21. The molecule has 0 fully saturated rings. The molecule has 0 radical (unpaired) electrons. The van der Waals surface area contributed by atoms with Gasteiger partial charge in [0.15, 0.2) is 0 Å². The van der Waals surface area contributed by atoms with Gasteiger partial charge in [-0.2, -0.15) is 0 Å². The molecule has 0 N–H and O–H groups in total. The van der Waals surface area contributed by atoms with Crippen LogP contribution in [0.25, 0.3) is 44.2 Å². The Bertz CT molecular complexity index is 2480. The summed E-state index contributed by atoms with van der Waals surface area (Å²) in [7, 11) is 0. The van der Waals surface area contributed by atoms with E-state index in [-0.39, 0.29) is 0 Å². The van der Waals surface area contributed by atoms with Crippen molar-refractivity contribution in [3.63, 3.8) is 0 Å². The third kappa shape index (κ3) is 3.32. The highest BCUT2D eigenvalue weighted by atomic mass is 35.5. The molecule has 0 aliphatic heterocycles. The highest BCUT2D eigenvalue weighted by Gasteiger charge is 2.52. The Morgan fingerprint density at radius 1 is 0.457 bits per heavy atom. The summed E-state index contributed by atoms with van der Waals surface area (Å²) >= 11 is 6.68. The van der Waals surface area contributed by atoms with Crippen LogP contribution in [0.15, 0.2) is 162 Å². The molecule has 1 spiro atoms. The number of hydrogen-bond acceptors (Lipinski definition) is 2. The second kappa shape index (κ2) is 9.47. The quantitative estimate of drug-likeness (QED) is 0.199. The number of nitrogens with zero attached hydrogens (tertiary/aromatic N) is 1. The van der Waals surface area contributed by atoms with Gasteiger partial charge in [-0.1, -0.05) is 121 Å². The average molecular weight is 608 g/mol. The van der Waals surface area contributed by atoms with E-state index in [9.17, 15) is 0 Å². The number of rotatable bonds is 3. The monoisotopic (exact) mass is 607 g/mol. The number of benzene rings is 7. The van der Waals surface area contributed by atoms with E-state index in [1.807, 2.05) is 30.3 Å². The smallest absolute Gasteiger partial charge is 0.137 e. The lowest BCUT2D eigenvalue weighted by atomic mass is 9.70. The van der Waals surface area contributed by atoms with E-state index in [1.54, 1.807) is 0 Å². The summed E-state index contributed by atoms with van der Waals surface area (Å²) in [5.41, 5.74) is 14.8. The van der Waals surface area contributed by atoms with Crippen molar-refractivity contribution in [2.24, 2.45) is 0 Å². The molecular formula is C43H26ClNO. The van der Waals surface area contributed by atoms with Crippen LogP contribution in [-0.4, -0.2) is 0 Å². The maximum atomic E-state index is 6.68. The van der Waals surface area contributed by atoms with Gasteiger partial charge >= 0.3 is 0 Å². The Labute approximate surface area is 271 Å². The van der Waals surface area contributed by atoms with Crippen molar-refractivity contribution in [2.75, 3.05) is 4.90 Å². The summed E-state index contributed by atoms with van der Waals surface area (Å²) in [5, 5.41) is 2.91. The van der Waals surface area contributed by atoms with Gasteiger partial charge in [0.05, 0.1) is 11.1 Å². The van der Waals surface area contributed by atoms with Crippen LogP contribution in [0.2, 0.25) is 5.02 Å². The zero-order valence-electron chi connectivity index (χ0n) is 24.7. The summed E-state index contributed by atoms with van der Waals surface area (Å²) < 4.78 is 6.39. The number of furan rings is 1. The molecule has 7 aromatic carbocycles. The van der Waals surface area contributed by atoms with E-state index in [1.165, 1.54) is 44.5 Å². The summed E-state index contributed by atoms with van der Waals surface area (Å²) in [4.78, 5) is 2.33. The highest BCUT2D eigenvalue weighted by Crippen LogP contribution is 2.64. The second-order valence-corrected chi connectivity index (χ2v) is 12.6. The first-order chi connectivity index (χ1) is 22.7. The number of hydrogen-bond donors (Lipinski definition) is 0. The predicted molar refractivity (Wildman–Crippen MR) is 190 cm³/mol. The molecule has 46 heavy (non-hydrogen) atoms. The first kappa shape index (κ1) is 25.7. The molecule has 0 bridgehead atoms. The molecular weight excluding hydrogens is 582 g/mol. The number of fused-ring (bicyclic) bond motifs is 13. The molecule has 1 heterocycles. The third-order valence-electron chi connectivity index (χ3n) is 9.93. The lowest BCUT2D eigenvalue weighted by Gasteiger charge is -2.31. The predicted octanol–water partition coefficient (Wildman–Crippen LogP) is 12.1. The van der Waals surface area contributed by atoms with E-state index in [0.717, 1.165) is 39.0 Å². The average Bonchev–Trinajstić information content (AvgIpc) is 3.73. The van der Waals surface area contributed by atoms with E-state index in [0.29, 0.717) is 5.02 Å². The fraction of sp³-hybridized carbons (Fsp3) is 0.0233. The summed E-state index contributed by atoms with van der Waals surface area (Å²) in [5.74, 6) is 0. The van der Waals surface area contributed by atoms with Gasteiger partial charge in [0.25, 0.3) is 0 Å². The number of anilines is 3. The van der Waals surface area contributed by atoms with Gasteiger partial charge in [-0.15, -0.1) is 0 Å². The van der Waals surface area contributed by atoms with Gasteiger partial charge in [0.1, 0.15) is 11.2 Å². The lowest BCUT2D eigenvalue weighted by molar-refractivity contribution is 0.669. The summed E-state index contributed by atoms with van der Waals surface area (Å²) in [6.45, 7) is 0. The Kier molecular flexibility index (Phi) is 5.29. The van der Waals surface area contributed by atoms with E-state index < -0.39 is 5.41 Å². The SMILES string of the molecule is Clc1cccc(N(c2ccc3c(c2)oc2ccccc23)c2cccc3c2-c2ccccc2C32c3ccccc3-c3ccccc32)c1. The van der Waals surface area contributed by atoms with Gasteiger partial charge in [0.2, 0.25) is 0 Å². The van der Waals surface area contributed by atoms with Gasteiger partial charge in [-0.3, -0.25) is 0 Å². The minimum atomic E-state index is -0.419. The van der Waals surface area contributed by atoms with Gasteiger partial charge in [-0.05, 0) is 81.4 Å². The van der Waals surface area contributed by atoms with E-state index in [2.05, 4.69) is 132 Å². The summed E-state index contributed by atoms with van der Waals surface area (Å²) in [6.07, 6.45) is 0. The zero-order chi connectivity index (χ0) is 30.4. The topological polar surface area (TPSA) is 16.4 Å². The fourth-order valence-corrected chi connectivity index (χ4v) is 8.39. The highest BCUT2D eigenvalue weighted by molar-refractivity contribution is 6.31. The van der Waals surface area contributed by atoms with Crippen LogP contribution < -0.4 is 4.90 Å². The van der Waals surface area contributed by atoms with Crippen molar-refractivity contribution in [1.82, 2.24) is 0 Å². The summed E-state index contributed by atoms with van der Waals surface area (Å²) in [6, 6.07) is 56.5. The van der Waals surface area contributed by atoms with Crippen LogP contribution in [-0.2, 0) is 5.41 Å². The maximum Gasteiger partial charge on any atom is 0.137 e. The minimum absolute atomic E-state index is 0.419. The van der Waals surface area contributed by atoms with E-state index >= 15 is 0 Å². The largest absolute Gasteiger partial charge is 0.456 e. The molecule has 2 aliphatic rings. The molecule has 2 aliphatic carbocycles. The maximum absolute atomic E-state index is 6.68. The van der Waals surface area contributed by atoms with Crippen LogP contribution in [0.1, 0.15) is 22.3 Å². The van der Waals surface area contributed by atoms with Crippen molar-refractivity contribution in [3.05, 3.63) is 185 Å². The molecule has 8 aromatic rings. The minimum Gasteiger partial charge on any atom is -0.456 e. The zero-order valence-corrected chi connectivity index (χ0v) is 25.5. The standard InChI is InChI=1S/C43H26ClNO/c44-27-11-9-12-28(25-27)45(29-23-24-33-32-15-4-8-22-40(32)46-41(33)26-29)39-21-10-20-38-42(39)34-16-3-7-19-37(34)43(38)35-17-5-1-13-30(35)31-14-2-6-18-36(31)43/h1-26H. The van der Waals surface area contributed by atoms with Crippen molar-refractivity contribution < 1.29 is 4.42 Å². The van der Waals surface area contributed by atoms with Crippen LogP contribution in [0.3, 0.4) is 0 Å². The molecule has 0 saturated heterocycles. The first-order valence-corrected chi connectivity index (χ1v) is 16.0. The number of para-hydroxylation sites is 1. The normalized spacial score (nSPS) is 13.5. The molecule has 216 valence electrons. The molecule has 2 nitrogen and oxygen atoms in total. The lowest BCUT2D eigenvalue weighted by Crippen LogP contribution is -2.26.